The van der Waals surface area contributed by atoms with Crippen molar-refractivity contribution in [2.75, 3.05) is 20.1 Å². The molecular formula is C15H27N3. The lowest BCUT2D eigenvalue weighted by Gasteiger charge is -2.36. The van der Waals surface area contributed by atoms with Gasteiger partial charge in [-0.1, -0.05) is 26.8 Å². The molecule has 1 rings (SSSR count). The summed E-state index contributed by atoms with van der Waals surface area (Å²) < 4.78 is 0. The molecule has 0 spiro atoms. The van der Waals surface area contributed by atoms with Crippen LogP contribution in [0, 0.1) is 5.41 Å². The van der Waals surface area contributed by atoms with E-state index < -0.39 is 0 Å². The Bertz CT molecular complexity index is 335. The Morgan fingerprint density at radius 3 is 2.61 bits per heavy atom. The highest BCUT2D eigenvalue weighted by Crippen LogP contribution is 2.22. The van der Waals surface area contributed by atoms with Gasteiger partial charge in [-0.25, -0.2) is 0 Å². The van der Waals surface area contributed by atoms with E-state index in [1.54, 1.807) is 0 Å². The van der Waals surface area contributed by atoms with Crippen molar-refractivity contribution >= 4 is 0 Å². The van der Waals surface area contributed by atoms with E-state index in [9.17, 15) is 0 Å². The number of rotatable bonds is 7. The van der Waals surface area contributed by atoms with Crippen LogP contribution < -0.4 is 5.32 Å². The zero-order chi connectivity index (χ0) is 13.6. The monoisotopic (exact) mass is 249 g/mol. The Balaban J connectivity index is 2.62. The van der Waals surface area contributed by atoms with Crippen LogP contribution in [0.3, 0.4) is 0 Å². The molecule has 0 bridgehead atoms. The molecule has 1 heterocycles. The van der Waals surface area contributed by atoms with Gasteiger partial charge in [0.05, 0.1) is 5.69 Å². The molecule has 0 amide bonds. The van der Waals surface area contributed by atoms with Crippen LogP contribution in [0.25, 0.3) is 0 Å². The summed E-state index contributed by atoms with van der Waals surface area (Å²) in [5, 5.41) is 3.36. The smallest absolute Gasteiger partial charge is 0.0543 e. The SMILES string of the molecule is CCN(Cc1ccccn1)CC(C)(C)C(C)NC. The molecule has 0 saturated heterocycles. The lowest BCUT2D eigenvalue weighted by Crippen LogP contribution is -2.45. The standard InChI is InChI=1S/C15H27N3/c1-6-18(11-14-9-7-8-10-17-14)12-15(3,4)13(2)16-5/h7-10,13,16H,6,11-12H2,1-5H3. The summed E-state index contributed by atoms with van der Waals surface area (Å²) in [6.07, 6.45) is 1.87. The van der Waals surface area contributed by atoms with Gasteiger partial charge in [0.1, 0.15) is 0 Å². The molecule has 0 fully saturated rings. The third-order valence-electron chi connectivity index (χ3n) is 3.80. The van der Waals surface area contributed by atoms with Gasteiger partial charge >= 0.3 is 0 Å². The van der Waals surface area contributed by atoms with Crippen molar-refractivity contribution in [3.05, 3.63) is 30.1 Å². The third kappa shape index (κ3) is 4.39. The van der Waals surface area contributed by atoms with Crippen molar-refractivity contribution < 1.29 is 0 Å². The van der Waals surface area contributed by atoms with Gasteiger partial charge in [0.25, 0.3) is 0 Å². The summed E-state index contributed by atoms with van der Waals surface area (Å²) in [5.74, 6) is 0. The Kier molecular flexibility index (Phi) is 5.76. The predicted octanol–water partition coefficient (Wildman–Crippen LogP) is 2.54. The van der Waals surface area contributed by atoms with Crippen LogP contribution in [0.1, 0.15) is 33.4 Å². The topological polar surface area (TPSA) is 28.2 Å². The first kappa shape index (κ1) is 15.1. The van der Waals surface area contributed by atoms with Crippen LogP contribution in [0.15, 0.2) is 24.4 Å². The average Bonchev–Trinajstić information content (AvgIpc) is 2.37. The summed E-state index contributed by atoms with van der Waals surface area (Å²) in [7, 11) is 2.03. The van der Waals surface area contributed by atoms with Crippen molar-refractivity contribution in [2.24, 2.45) is 5.41 Å². The normalized spacial score (nSPS) is 13.9. The van der Waals surface area contributed by atoms with E-state index >= 15 is 0 Å². The molecule has 0 aliphatic rings. The van der Waals surface area contributed by atoms with Crippen LogP contribution in [0.5, 0.6) is 0 Å². The van der Waals surface area contributed by atoms with Gasteiger partial charge in [-0.15, -0.1) is 0 Å². The molecular weight excluding hydrogens is 222 g/mol. The molecule has 3 heteroatoms. The van der Waals surface area contributed by atoms with Gasteiger partial charge in [0.2, 0.25) is 0 Å². The van der Waals surface area contributed by atoms with E-state index in [4.69, 9.17) is 0 Å². The maximum absolute atomic E-state index is 4.40. The third-order valence-corrected chi connectivity index (χ3v) is 3.80. The second-order valence-corrected chi connectivity index (χ2v) is 5.62. The number of nitrogens with zero attached hydrogens (tertiary/aromatic N) is 2. The van der Waals surface area contributed by atoms with Crippen LogP contribution in [0.2, 0.25) is 0 Å². The van der Waals surface area contributed by atoms with E-state index in [2.05, 4.69) is 55.0 Å². The highest BCUT2D eigenvalue weighted by Gasteiger charge is 2.26. The number of hydrogen-bond acceptors (Lipinski definition) is 3. The molecule has 0 radical (unpaired) electrons. The Labute approximate surface area is 112 Å². The summed E-state index contributed by atoms with van der Waals surface area (Å²) >= 11 is 0. The minimum absolute atomic E-state index is 0.250. The average molecular weight is 249 g/mol. The van der Waals surface area contributed by atoms with Gasteiger partial charge in [-0.3, -0.25) is 9.88 Å². The number of hydrogen-bond donors (Lipinski definition) is 1. The van der Waals surface area contributed by atoms with Crippen molar-refractivity contribution in [1.29, 1.82) is 0 Å². The highest BCUT2D eigenvalue weighted by atomic mass is 15.1. The number of nitrogens with one attached hydrogen (secondary N) is 1. The molecule has 0 aliphatic carbocycles. The number of aromatic nitrogens is 1. The Hall–Kier alpha value is -0.930. The van der Waals surface area contributed by atoms with E-state index in [-0.39, 0.29) is 5.41 Å². The molecule has 0 aromatic carbocycles. The van der Waals surface area contributed by atoms with E-state index in [0.29, 0.717) is 6.04 Å². The Morgan fingerprint density at radius 2 is 2.11 bits per heavy atom. The van der Waals surface area contributed by atoms with Gasteiger partial charge < -0.3 is 5.32 Å². The van der Waals surface area contributed by atoms with E-state index in [1.165, 1.54) is 0 Å². The number of pyridine rings is 1. The van der Waals surface area contributed by atoms with Crippen molar-refractivity contribution in [1.82, 2.24) is 15.2 Å². The van der Waals surface area contributed by atoms with Crippen LogP contribution in [0.4, 0.5) is 0 Å². The fourth-order valence-corrected chi connectivity index (χ4v) is 2.10. The van der Waals surface area contributed by atoms with Crippen LogP contribution in [-0.2, 0) is 6.54 Å². The predicted molar refractivity (Wildman–Crippen MR) is 77.5 cm³/mol. The van der Waals surface area contributed by atoms with Gasteiger partial charge in [0, 0.05) is 25.3 Å². The van der Waals surface area contributed by atoms with Crippen LogP contribution in [-0.4, -0.2) is 36.1 Å². The summed E-state index contributed by atoms with van der Waals surface area (Å²) in [5.41, 5.74) is 1.40. The van der Waals surface area contributed by atoms with Crippen molar-refractivity contribution in [3.63, 3.8) is 0 Å². The zero-order valence-corrected chi connectivity index (χ0v) is 12.4. The first-order valence-electron chi connectivity index (χ1n) is 6.79. The van der Waals surface area contributed by atoms with Gasteiger partial charge in [0.15, 0.2) is 0 Å². The first-order valence-corrected chi connectivity index (χ1v) is 6.79. The second kappa shape index (κ2) is 6.86. The van der Waals surface area contributed by atoms with Crippen molar-refractivity contribution in [2.45, 2.75) is 40.3 Å². The van der Waals surface area contributed by atoms with Crippen molar-refractivity contribution in [3.8, 4) is 0 Å². The molecule has 0 aliphatic heterocycles. The zero-order valence-electron chi connectivity index (χ0n) is 12.4. The lowest BCUT2D eigenvalue weighted by atomic mass is 9.85. The second-order valence-electron chi connectivity index (χ2n) is 5.62. The highest BCUT2D eigenvalue weighted by molar-refractivity contribution is 5.03. The largest absolute Gasteiger partial charge is 0.317 e. The quantitative estimate of drug-likeness (QED) is 0.805. The fourth-order valence-electron chi connectivity index (χ4n) is 2.10. The summed E-state index contributed by atoms with van der Waals surface area (Å²) in [4.78, 5) is 6.86. The first-order chi connectivity index (χ1) is 8.49. The molecule has 1 aromatic rings. The van der Waals surface area contributed by atoms with Gasteiger partial charge in [-0.05, 0) is 38.1 Å². The molecule has 0 saturated carbocycles. The summed E-state index contributed by atoms with van der Waals surface area (Å²) in [6, 6.07) is 6.61. The lowest BCUT2D eigenvalue weighted by molar-refractivity contribution is 0.144. The van der Waals surface area contributed by atoms with E-state index in [1.807, 2.05) is 19.3 Å². The Morgan fingerprint density at radius 1 is 1.39 bits per heavy atom. The fraction of sp³-hybridized carbons (Fsp3) is 0.667. The minimum Gasteiger partial charge on any atom is -0.317 e. The molecule has 1 atom stereocenters. The maximum Gasteiger partial charge on any atom is 0.0543 e. The molecule has 1 unspecified atom stereocenters. The van der Waals surface area contributed by atoms with E-state index in [0.717, 1.165) is 25.3 Å². The molecule has 1 aromatic heterocycles. The minimum atomic E-state index is 0.250. The van der Waals surface area contributed by atoms with Crippen LogP contribution >= 0.6 is 0 Å². The summed E-state index contributed by atoms with van der Waals surface area (Å²) in [6.45, 7) is 12.1. The molecule has 3 nitrogen and oxygen atoms in total. The molecule has 1 N–H and O–H groups in total. The maximum atomic E-state index is 4.40. The van der Waals surface area contributed by atoms with Gasteiger partial charge in [-0.2, -0.15) is 0 Å². The molecule has 102 valence electrons. The molecule has 18 heavy (non-hydrogen) atoms.